The second-order valence-corrected chi connectivity index (χ2v) is 4.88. The quantitative estimate of drug-likeness (QED) is 0.601. The third-order valence-electron chi connectivity index (χ3n) is 3.13. The minimum absolute atomic E-state index is 0.627. The van der Waals surface area contributed by atoms with Crippen LogP contribution in [0, 0.1) is 6.92 Å². The minimum Gasteiger partial charge on any atom is -0.490 e. The first kappa shape index (κ1) is 14.4. The molecule has 0 aliphatic carbocycles. The van der Waals surface area contributed by atoms with Crippen molar-refractivity contribution >= 4 is 5.69 Å². The van der Waals surface area contributed by atoms with Crippen molar-refractivity contribution in [2.45, 2.75) is 13.3 Å². The van der Waals surface area contributed by atoms with Crippen LogP contribution in [0.25, 0.3) is 0 Å². The van der Waals surface area contributed by atoms with E-state index >= 15 is 0 Å². The Morgan fingerprint density at radius 2 is 1.85 bits per heavy atom. The fourth-order valence-corrected chi connectivity index (χ4v) is 2.03. The number of hydrogen-bond acceptors (Lipinski definition) is 3. The summed E-state index contributed by atoms with van der Waals surface area (Å²) < 4.78 is 5.66. The van der Waals surface area contributed by atoms with Gasteiger partial charge in [0, 0.05) is 6.54 Å². The molecule has 0 aromatic heterocycles. The Morgan fingerprint density at radius 1 is 1.05 bits per heavy atom. The van der Waals surface area contributed by atoms with Gasteiger partial charge in [0.15, 0.2) is 0 Å². The average Bonchev–Trinajstić information content (AvgIpc) is 2.46. The van der Waals surface area contributed by atoms with E-state index in [0.717, 1.165) is 30.8 Å². The molecule has 106 valence electrons. The lowest BCUT2D eigenvalue weighted by Gasteiger charge is -2.10. The Kier molecular flexibility index (Phi) is 5.44. The van der Waals surface area contributed by atoms with Gasteiger partial charge in [0.25, 0.3) is 0 Å². The number of anilines is 1. The van der Waals surface area contributed by atoms with Crippen LogP contribution in [-0.2, 0) is 6.42 Å². The number of ether oxygens (including phenoxy) is 1. The van der Waals surface area contributed by atoms with Gasteiger partial charge < -0.3 is 15.8 Å². The summed E-state index contributed by atoms with van der Waals surface area (Å²) in [6.07, 6.45) is 1.04. The molecule has 3 N–H and O–H groups in total. The summed E-state index contributed by atoms with van der Waals surface area (Å²) in [5.41, 5.74) is 9.10. The number of hydrogen-bond donors (Lipinski definition) is 2. The molecule has 2 rings (SSSR count). The van der Waals surface area contributed by atoms with Gasteiger partial charge in [0.1, 0.15) is 12.4 Å². The molecule has 0 amide bonds. The molecule has 0 saturated heterocycles. The fraction of sp³-hybridized carbons (Fsp3) is 0.294. The zero-order valence-electron chi connectivity index (χ0n) is 11.9. The van der Waals surface area contributed by atoms with Gasteiger partial charge in [0.05, 0.1) is 5.69 Å². The summed E-state index contributed by atoms with van der Waals surface area (Å²) in [6, 6.07) is 16.3. The predicted molar refractivity (Wildman–Crippen MR) is 84.1 cm³/mol. The molecule has 20 heavy (non-hydrogen) atoms. The van der Waals surface area contributed by atoms with Crippen LogP contribution in [0.3, 0.4) is 0 Å². The van der Waals surface area contributed by atoms with Crippen molar-refractivity contribution in [2.24, 2.45) is 0 Å². The molecular weight excluding hydrogens is 248 g/mol. The number of nitrogens with one attached hydrogen (secondary N) is 1. The largest absolute Gasteiger partial charge is 0.490 e. The van der Waals surface area contributed by atoms with Crippen LogP contribution in [0.15, 0.2) is 48.5 Å². The van der Waals surface area contributed by atoms with Crippen molar-refractivity contribution in [1.29, 1.82) is 0 Å². The predicted octanol–water partition coefficient (Wildman–Crippen LogP) is 2.79. The molecule has 2 aromatic carbocycles. The van der Waals surface area contributed by atoms with Crippen LogP contribution in [0.5, 0.6) is 5.75 Å². The molecule has 0 fully saturated rings. The standard InChI is InChI=1S/C17H22N2O/c1-14-7-8-17(16(18)13-14)20-12-11-19-10-9-15-5-3-2-4-6-15/h2-8,13,19H,9-12,18H2,1H3. The van der Waals surface area contributed by atoms with Crippen LogP contribution in [0.4, 0.5) is 5.69 Å². The first-order valence-electron chi connectivity index (χ1n) is 6.99. The summed E-state index contributed by atoms with van der Waals surface area (Å²) >= 11 is 0. The van der Waals surface area contributed by atoms with Gasteiger partial charge in [-0.3, -0.25) is 0 Å². The van der Waals surface area contributed by atoms with Gasteiger partial charge in [-0.1, -0.05) is 36.4 Å². The molecule has 0 unspecified atom stereocenters. The zero-order valence-corrected chi connectivity index (χ0v) is 11.9. The van der Waals surface area contributed by atoms with Crippen LogP contribution < -0.4 is 15.8 Å². The molecule has 0 radical (unpaired) electrons. The Morgan fingerprint density at radius 3 is 2.60 bits per heavy atom. The van der Waals surface area contributed by atoms with Gasteiger partial charge >= 0.3 is 0 Å². The lowest BCUT2D eigenvalue weighted by molar-refractivity contribution is 0.316. The molecule has 0 saturated carbocycles. The molecule has 0 bridgehead atoms. The number of rotatable bonds is 7. The van der Waals surface area contributed by atoms with E-state index in [2.05, 4.69) is 29.6 Å². The van der Waals surface area contributed by atoms with E-state index in [9.17, 15) is 0 Å². The number of aryl methyl sites for hydroxylation is 1. The van der Waals surface area contributed by atoms with E-state index in [1.165, 1.54) is 5.56 Å². The number of nitrogens with two attached hydrogens (primary N) is 1. The van der Waals surface area contributed by atoms with Crippen LogP contribution >= 0.6 is 0 Å². The van der Waals surface area contributed by atoms with E-state index in [0.29, 0.717) is 12.3 Å². The molecular formula is C17H22N2O. The third kappa shape index (κ3) is 4.59. The molecule has 0 aliphatic heterocycles. The summed E-state index contributed by atoms with van der Waals surface area (Å²) in [4.78, 5) is 0. The Labute approximate surface area is 120 Å². The first-order chi connectivity index (χ1) is 9.75. The molecule has 3 heteroatoms. The Balaban J connectivity index is 1.62. The van der Waals surface area contributed by atoms with Gasteiger partial charge in [0.2, 0.25) is 0 Å². The third-order valence-corrected chi connectivity index (χ3v) is 3.13. The molecule has 2 aromatic rings. The van der Waals surface area contributed by atoms with Crippen LogP contribution in [0.1, 0.15) is 11.1 Å². The Bertz CT molecular complexity index is 526. The first-order valence-corrected chi connectivity index (χ1v) is 6.99. The molecule has 0 spiro atoms. The van der Waals surface area contributed by atoms with E-state index in [1.54, 1.807) is 0 Å². The van der Waals surface area contributed by atoms with E-state index < -0.39 is 0 Å². The van der Waals surface area contributed by atoms with Crippen molar-refractivity contribution < 1.29 is 4.74 Å². The van der Waals surface area contributed by atoms with E-state index in [4.69, 9.17) is 10.5 Å². The lowest BCUT2D eigenvalue weighted by atomic mass is 10.1. The van der Waals surface area contributed by atoms with Gasteiger partial charge in [-0.2, -0.15) is 0 Å². The highest BCUT2D eigenvalue weighted by Gasteiger charge is 1.99. The fourth-order valence-electron chi connectivity index (χ4n) is 2.03. The van der Waals surface area contributed by atoms with E-state index in [-0.39, 0.29) is 0 Å². The maximum atomic E-state index is 5.89. The van der Waals surface area contributed by atoms with Crippen molar-refractivity contribution in [2.75, 3.05) is 25.4 Å². The maximum absolute atomic E-state index is 5.89. The van der Waals surface area contributed by atoms with E-state index in [1.807, 2.05) is 31.2 Å². The van der Waals surface area contributed by atoms with Crippen molar-refractivity contribution in [3.63, 3.8) is 0 Å². The van der Waals surface area contributed by atoms with Crippen molar-refractivity contribution in [3.8, 4) is 5.75 Å². The highest BCUT2D eigenvalue weighted by Crippen LogP contribution is 2.21. The second kappa shape index (κ2) is 7.56. The molecule has 3 nitrogen and oxygen atoms in total. The summed E-state index contributed by atoms with van der Waals surface area (Å²) in [5, 5.41) is 3.37. The molecule has 0 heterocycles. The van der Waals surface area contributed by atoms with Crippen molar-refractivity contribution in [3.05, 3.63) is 59.7 Å². The summed E-state index contributed by atoms with van der Waals surface area (Å²) in [6.45, 7) is 4.42. The van der Waals surface area contributed by atoms with Gasteiger partial charge in [-0.05, 0) is 43.1 Å². The smallest absolute Gasteiger partial charge is 0.142 e. The van der Waals surface area contributed by atoms with Crippen LogP contribution in [0.2, 0.25) is 0 Å². The number of nitrogen functional groups attached to an aromatic ring is 1. The highest BCUT2D eigenvalue weighted by atomic mass is 16.5. The maximum Gasteiger partial charge on any atom is 0.142 e. The molecule has 0 aliphatic rings. The topological polar surface area (TPSA) is 47.3 Å². The summed E-state index contributed by atoms with van der Waals surface area (Å²) in [5.74, 6) is 0.764. The SMILES string of the molecule is Cc1ccc(OCCNCCc2ccccc2)c(N)c1. The summed E-state index contributed by atoms with van der Waals surface area (Å²) in [7, 11) is 0. The number of benzene rings is 2. The average molecular weight is 270 g/mol. The lowest BCUT2D eigenvalue weighted by Crippen LogP contribution is -2.23. The monoisotopic (exact) mass is 270 g/mol. The van der Waals surface area contributed by atoms with Crippen LogP contribution in [-0.4, -0.2) is 19.7 Å². The second-order valence-electron chi connectivity index (χ2n) is 4.88. The normalized spacial score (nSPS) is 10.4. The van der Waals surface area contributed by atoms with Gasteiger partial charge in [-0.25, -0.2) is 0 Å². The Hall–Kier alpha value is -2.00. The minimum atomic E-state index is 0.627. The van der Waals surface area contributed by atoms with Gasteiger partial charge in [-0.15, -0.1) is 0 Å². The highest BCUT2D eigenvalue weighted by molar-refractivity contribution is 5.53. The zero-order chi connectivity index (χ0) is 14.2. The molecule has 0 atom stereocenters. The van der Waals surface area contributed by atoms with Crippen molar-refractivity contribution in [1.82, 2.24) is 5.32 Å².